The van der Waals surface area contributed by atoms with Crippen LogP contribution in [0, 0.1) is 6.92 Å². The van der Waals surface area contributed by atoms with Gasteiger partial charge < -0.3 is 5.11 Å². The van der Waals surface area contributed by atoms with Gasteiger partial charge in [-0.05, 0) is 30.2 Å². The molecule has 0 bridgehead atoms. The summed E-state index contributed by atoms with van der Waals surface area (Å²) in [6, 6.07) is 6.89. The van der Waals surface area contributed by atoms with Crippen LogP contribution in [-0.4, -0.2) is 16.1 Å². The second-order valence-corrected chi connectivity index (χ2v) is 4.05. The summed E-state index contributed by atoms with van der Waals surface area (Å²) in [6.45, 7) is 1.86. The largest absolute Gasteiger partial charge is 0.478 e. The van der Waals surface area contributed by atoms with E-state index in [2.05, 4.69) is 4.98 Å². The zero-order valence-electron chi connectivity index (χ0n) is 9.14. The van der Waals surface area contributed by atoms with Crippen LogP contribution in [0.5, 0.6) is 0 Å². The van der Waals surface area contributed by atoms with Crippen molar-refractivity contribution in [2.24, 2.45) is 0 Å². The first-order valence-corrected chi connectivity index (χ1v) is 5.42. The summed E-state index contributed by atoms with van der Waals surface area (Å²) in [5, 5.41) is 9.74. The molecule has 0 amide bonds. The van der Waals surface area contributed by atoms with E-state index in [1.807, 2.05) is 13.0 Å². The molecule has 1 N–H and O–H groups in total. The summed E-state index contributed by atoms with van der Waals surface area (Å²) >= 11 is 6.03. The summed E-state index contributed by atoms with van der Waals surface area (Å²) in [5.74, 6) is -0.971. The minimum atomic E-state index is -0.971. The molecule has 86 valence electrons. The Kier molecular flexibility index (Phi) is 3.11. The van der Waals surface area contributed by atoms with Crippen molar-refractivity contribution in [1.29, 1.82) is 0 Å². The van der Waals surface area contributed by atoms with E-state index in [-0.39, 0.29) is 5.56 Å². The number of rotatable bonds is 2. The average Bonchev–Trinajstić information content (AvgIpc) is 2.33. The van der Waals surface area contributed by atoms with Crippen LogP contribution in [0.2, 0.25) is 5.02 Å². The molecular weight excluding hydrogens is 238 g/mol. The third-order valence-electron chi connectivity index (χ3n) is 2.61. The van der Waals surface area contributed by atoms with Crippen LogP contribution in [0.25, 0.3) is 11.1 Å². The number of carboxylic acids is 1. The summed E-state index contributed by atoms with van der Waals surface area (Å²) in [5.41, 5.74) is 2.46. The Morgan fingerprint density at radius 1 is 1.29 bits per heavy atom. The van der Waals surface area contributed by atoms with Crippen molar-refractivity contribution < 1.29 is 9.90 Å². The second-order valence-electron chi connectivity index (χ2n) is 3.64. The first kappa shape index (κ1) is 11.6. The third kappa shape index (κ3) is 2.15. The molecule has 0 unspecified atom stereocenters. The van der Waals surface area contributed by atoms with Gasteiger partial charge in [0.1, 0.15) is 0 Å². The minimum Gasteiger partial charge on any atom is -0.478 e. The number of aromatic carboxylic acids is 1. The molecule has 1 aromatic carbocycles. The van der Waals surface area contributed by atoms with E-state index >= 15 is 0 Å². The Morgan fingerprint density at radius 3 is 2.76 bits per heavy atom. The van der Waals surface area contributed by atoms with Crippen LogP contribution in [0.4, 0.5) is 0 Å². The standard InChI is InChI=1S/C13H10ClNO2/c1-8-9(3-2-4-12(8)14)11-7-15-6-5-10(11)13(16)17/h2-7H,1H3,(H,16,17). The molecule has 0 aliphatic rings. The lowest BCUT2D eigenvalue weighted by Gasteiger charge is -2.09. The first-order valence-electron chi connectivity index (χ1n) is 5.04. The average molecular weight is 248 g/mol. The smallest absolute Gasteiger partial charge is 0.336 e. The van der Waals surface area contributed by atoms with Crippen molar-refractivity contribution >= 4 is 17.6 Å². The van der Waals surface area contributed by atoms with Gasteiger partial charge in [-0.3, -0.25) is 4.98 Å². The van der Waals surface area contributed by atoms with Gasteiger partial charge in [0.2, 0.25) is 0 Å². The molecule has 0 saturated heterocycles. The van der Waals surface area contributed by atoms with Gasteiger partial charge >= 0.3 is 5.97 Å². The number of hydrogen-bond acceptors (Lipinski definition) is 2. The third-order valence-corrected chi connectivity index (χ3v) is 3.02. The normalized spacial score (nSPS) is 10.2. The number of carbonyl (C=O) groups is 1. The molecule has 1 aromatic heterocycles. The van der Waals surface area contributed by atoms with Gasteiger partial charge in [-0.1, -0.05) is 23.7 Å². The Bertz CT molecular complexity index is 581. The van der Waals surface area contributed by atoms with Crippen LogP contribution >= 0.6 is 11.6 Å². The van der Waals surface area contributed by atoms with Gasteiger partial charge in [0.05, 0.1) is 5.56 Å². The van der Waals surface area contributed by atoms with Crippen LogP contribution in [0.15, 0.2) is 36.7 Å². The molecule has 0 radical (unpaired) electrons. The topological polar surface area (TPSA) is 50.2 Å². The quantitative estimate of drug-likeness (QED) is 0.885. The highest BCUT2D eigenvalue weighted by Crippen LogP contribution is 2.30. The number of pyridine rings is 1. The molecule has 0 aliphatic carbocycles. The highest BCUT2D eigenvalue weighted by molar-refractivity contribution is 6.31. The summed E-state index contributed by atoms with van der Waals surface area (Å²) < 4.78 is 0. The van der Waals surface area contributed by atoms with Gasteiger partial charge in [-0.15, -0.1) is 0 Å². The minimum absolute atomic E-state index is 0.227. The maximum atomic E-state index is 11.1. The van der Waals surface area contributed by atoms with Crippen molar-refractivity contribution in [3.63, 3.8) is 0 Å². The van der Waals surface area contributed by atoms with E-state index in [1.54, 1.807) is 18.3 Å². The van der Waals surface area contributed by atoms with Crippen molar-refractivity contribution in [2.45, 2.75) is 6.92 Å². The van der Waals surface area contributed by atoms with Gasteiger partial charge in [0.15, 0.2) is 0 Å². The molecule has 0 aliphatic heterocycles. The fraction of sp³-hybridized carbons (Fsp3) is 0.0769. The van der Waals surface area contributed by atoms with Crippen LogP contribution in [0.3, 0.4) is 0 Å². The molecule has 3 nitrogen and oxygen atoms in total. The molecule has 2 aromatic rings. The lowest BCUT2D eigenvalue weighted by molar-refractivity contribution is 0.0697. The Balaban J connectivity index is 2.69. The van der Waals surface area contributed by atoms with Crippen molar-refractivity contribution in [3.8, 4) is 11.1 Å². The molecule has 0 fully saturated rings. The second kappa shape index (κ2) is 4.55. The Hall–Kier alpha value is -1.87. The van der Waals surface area contributed by atoms with Crippen LogP contribution < -0.4 is 0 Å². The van der Waals surface area contributed by atoms with Gasteiger partial charge in [0.25, 0.3) is 0 Å². The lowest BCUT2D eigenvalue weighted by atomic mass is 9.98. The molecule has 17 heavy (non-hydrogen) atoms. The SMILES string of the molecule is Cc1c(Cl)cccc1-c1cnccc1C(=O)O. The van der Waals surface area contributed by atoms with E-state index in [1.165, 1.54) is 12.3 Å². The number of aromatic nitrogens is 1. The summed E-state index contributed by atoms with van der Waals surface area (Å²) in [4.78, 5) is 15.1. The highest BCUT2D eigenvalue weighted by Gasteiger charge is 2.13. The zero-order valence-corrected chi connectivity index (χ0v) is 9.90. The Labute approximate surface area is 104 Å². The fourth-order valence-corrected chi connectivity index (χ4v) is 1.87. The number of hydrogen-bond donors (Lipinski definition) is 1. The van der Waals surface area contributed by atoms with Crippen LogP contribution in [0.1, 0.15) is 15.9 Å². The highest BCUT2D eigenvalue weighted by atomic mass is 35.5. The van der Waals surface area contributed by atoms with Crippen molar-refractivity contribution in [3.05, 3.63) is 52.8 Å². The van der Waals surface area contributed by atoms with E-state index in [0.29, 0.717) is 10.6 Å². The molecule has 2 rings (SSSR count). The monoisotopic (exact) mass is 247 g/mol. The van der Waals surface area contributed by atoms with Crippen LogP contribution in [-0.2, 0) is 0 Å². The molecule has 0 saturated carbocycles. The molecule has 4 heteroatoms. The molecule has 1 heterocycles. The van der Waals surface area contributed by atoms with E-state index < -0.39 is 5.97 Å². The number of benzene rings is 1. The maximum Gasteiger partial charge on any atom is 0.336 e. The predicted octanol–water partition coefficient (Wildman–Crippen LogP) is 3.41. The number of carboxylic acid groups (broad SMARTS) is 1. The van der Waals surface area contributed by atoms with Crippen molar-refractivity contribution in [2.75, 3.05) is 0 Å². The van der Waals surface area contributed by atoms with E-state index in [4.69, 9.17) is 16.7 Å². The maximum absolute atomic E-state index is 11.1. The first-order chi connectivity index (χ1) is 8.11. The van der Waals surface area contributed by atoms with E-state index in [0.717, 1.165) is 11.1 Å². The molecule has 0 atom stereocenters. The number of nitrogens with zero attached hydrogens (tertiary/aromatic N) is 1. The summed E-state index contributed by atoms with van der Waals surface area (Å²) in [6.07, 6.45) is 3.01. The van der Waals surface area contributed by atoms with Gasteiger partial charge in [-0.2, -0.15) is 0 Å². The zero-order chi connectivity index (χ0) is 12.4. The fourth-order valence-electron chi connectivity index (χ4n) is 1.69. The van der Waals surface area contributed by atoms with Crippen molar-refractivity contribution in [1.82, 2.24) is 4.98 Å². The summed E-state index contributed by atoms with van der Waals surface area (Å²) in [7, 11) is 0. The van der Waals surface area contributed by atoms with Gasteiger partial charge in [-0.25, -0.2) is 4.79 Å². The lowest BCUT2D eigenvalue weighted by Crippen LogP contribution is -2.00. The predicted molar refractivity (Wildman–Crippen MR) is 66.4 cm³/mol. The van der Waals surface area contributed by atoms with E-state index in [9.17, 15) is 4.79 Å². The molecule has 0 spiro atoms. The van der Waals surface area contributed by atoms with Gasteiger partial charge in [0, 0.05) is 23.0 Å². The number of halogens is 1. The molecular formula is C13H10ClNO2. The Morgan fingerprint density at radius 2 is 2.06 bits per heavy atom.